The van der Waals surface area contributed by atoms with E-state index in [0.29, 0.717) is 22.6 Å². The molecule has 0 aliphatic carbocycles. The molecule has 5 heteroatoms. The minimum absolute atomic E-state index is 0.316. The molecular weight excluding hydrogens is 257 g/mol. The minimum Gasteiger partial charge on any atom is -0.320 e. The molecule has 0 bridgehead atoms. The van der Waals surface area contributed by atoms with E-state index in [1.165, 1.54) is 12.1 Å². The lowest BCUT2D eigenvalue weighted by Gasteiger charge is -2.06. The molecule has 0 saturated heterocycles. The molecule has 1 amide bonds. The van der Waals surface area contributed by atoms with Crippen LogP contribution in [-0.2, 0) is 0 Å². The standard InChI is InChI=1S/C15H12FN3O/c1-10-8-11(16)5-6-12(10)18-15(20)13-9-19-7-3-2-4-14(19)17-13/h2-9H,1H3,(H,18,20). The molecule has 3 aromatic rings. The topological polar surface area (TPSA) is 46.4 Å². The van der Waals surface area contributed by atoms with Gasteiger partial charge in [0, 0.05) is 18.1 Å². The Kier molecular flexibility index (Phi) is 2.95. The number of nitrogens with zero attached hydrogens (tertiary/aromatic N) is 2. The third-order valence-corrected chi connectivity index (χ3v) is 3.03. The summed E-state index contributed by atoms with van der Waals surface area (Å²) in [5.74, 6) is -0.642. The molecule has 0 unspecified atom stereocenters. The van der Waals surface area contributed by atoms with Crippen molar-refractivity contribution in [2.75, 3.05) is 5.32 Å². The zero-order valence-corrected chi connectivity index (χ0v) is 10.8. The highest BCUT2D eigenvalue weighted by molar-refractivity contribution is 6.03. The molecule has 0 radical (unpaired) electrons. The molecule has 1 N–H and O–H groups in total. The Morgan fingerprint density at radius 3 is 2.90 bits per heavy atom. The summed E-state index contributed by atoms with van der Waals surface area (Å²) in [6.45, 7) is 1.74. The van der Waals surface area contributed by atoms with Crippen molar-refractivity contribution < 1.29 is 9.18 Å². The predicted octanol–water partition coefficient (Wildman–Crippen LogP) is 3.03. The molecule has 100 valence electrons. The molecule has 0 aliphatic rings. The van der Waals surface area contributed by atoms with Crippen molar-refractivity contribution in [2.24, 2.45) is 0 Å². The van der Waals surface area contributed by atoms with E-state index >= 15 is 0 Å². The first-order valence-electron chi connectivity index (χ1n) is 6.15. The summed E-state index contributed by atoms with van der Waals surface area (Å²) >= 11 is 0. The van der Waals surface area contributed by atoms with Crippen LogP contribution in [-0.4, -0.2) is 15.3 Å². The highest BCUT2D eigenvalue weighted by atomic mass is 19.1. The quantitative estimate of drug-likeness (QED) is 0.777. The SMILES string of the molecule is Cc1cc(F)ccc1NC(=O)c1cn2ccccc2n1. The second-order valence-corrected chi connectivity index (χ2v) is 4.51. The molecule has 0 saturated carbocycles. The van der Waals surface area contributed by atoms with Gasteiger partial charge < -0.3 is 9.72 Å². The van der Waals surface area contributed by atoms with Crippen LogP contribution in [0.15, 0.2) is 48.8 Å². The molecule has 1 aromatic carbocycles. The monoisotopic (exact) mass is 269 g/mol. The number of nitrogens with one attached hydrogen (secondary N) is 1. The third-order valence-electron chi connectivity index (χ3n) is 3.03. The fourth-order valence-electron chi connectivity index (χ4n) is 2.00. The summed E-state index contributed by atoms with van der Waals surface area (Å²) in [6, 6.07) is 9.76. The van der Waals surface area contributed by atoms with Gasteiger partial charge in [-0.15, -0.1) is 0 Å². The number of hydrogen-bond acceptors (Lipinski definition) is 2. The lowest BCUT2D eigenvalue weighted by atomic mass is 10.2. The van der Waals surface area contributed by atoms with Crippen LogP contribution in [0.3, 0.4) is 0 Å². The van der Waals surface area contributed by atoms with E-state index in [0.717, 1.165) is 0 Å². The maximum Gasteiger partial charge on any atom is 0.275 e. The lowest BCUT2D eigenvalue weighted by Crippen LogP contribution is -2.13. The maximum absolute atomic E-state index is 13.0. The first-order chi connectivity index (χ1) is 9.63. The van der Waals surface area contributed by atoms with Crippen LogP contribution in [0, 0.1) is 12.7 Å². The predicted molar refractivity (Wildman–Crippen MR) is 74.3 cm³/mol. The van der Waals surface area contributed by atoms with E-state index in [9.17, 15) is 9.18 Å². The van der Waals surface area contributed by atoms with Crippen molar-refractivity contribution in [3.8, 4) is 0 Å². The van der Waals surface area contributed by atoms with E-state index in [1.807, 2.05) is 24.4 Å². The van der Waals surface area contributed by atoms with Crippen LogP contribution in [0.4, 0.5) is 10.1 Å². The van der Waals surface area contributed by atoms with Crippen LogP contribution in [0.1, 0.15) is 16.1 Å². The first kappa shape index (κ1) is 12.3. The highest BCUT2D eigenvalue weighted by Gasteiger charge is 2.12. The molecule has 4 nitrogen and oxygen atoms in total. The van der Waals surface area contributed by atoms with Crippen LogP contribution in [0.5, 0.6) is 0 Å². The summed E-state index contributed by atoms with van der Waals surface area (Å²) < 4.78 is 14.8. The van der Waals surface area contributed by atoms with Gasteiger partial charge in [0.2, 0.25) is 0 Å². The number of rotatable bonds is 2. The highest BCUT2D eigenvalue weighted by Crippen LogP contribution is 2.16. The Morgan fingerprint density at radius 2 is 2.15 bits per heavy atom. The van der Waals surface area contributed by atoms with Gasteiger partial charge in [0.1, 0.15) is 17.2 Å². The lowest BCUT2D eigenvalue weighted by molar-refractivity contribution is 0.102. The Balaban J connectivity index is 1.89. The number of anilines is 1. The summed E-state index contributed by atoms with van der Waals surface area (Å²) in [5.41, 5.74) is 2.27. The summed E-state index contributed by atoms with van der Waals surface area (Å²) in [6.07, 6.45) is 3.48. The van der Waals surface area contributed by atoms with Crippen LogP contribution >= 0.6 is 0 Å². The van der Waals surface area contributed by atoms with Gasteiger partial charge in [-0.25, -0.2) is 9.37 Å². The molecular formula is C15H12FN3O. The van der Waals surface area contributed by atoms with Gasteiger partial charge in [0.25, 0.3) is 5.91 Å². The number of halogens is 1. The van der Waals surface area contributed by atoms with E-state index < -0.39 is 0 Å². The average molecular weight is 269 g/mol. The number of imidazole rings is 1. The van der Waals surface area contributed by atoms with Crippen molar-refractivity contribution >= 4 is 17.2 Å². The Morgan fingerprint density at radius 1 is 1.30 bits per heavy atom. The molecule has 0 spiro atoms. The van der Waals surface area contributed by atoms with Gasteiger partial charge in [-0.2, -0.15) is 0 Å². The molecule has 3 rings (SSSR count). The van der Waals surface area contributed by atoms with Gasteiger partial charge in [0.05, 0.1) is 0 Å². The molecule has 0 aliphatic heterocycles. The van der Waals surface area contributed by atoms with E-state index in [4.69, 9.17) is 0 Å². The average Bonchev–Trinajstić information content (AvgIpc) is 2.86. The fourth-order valence-corrected chi connectivity index (χ4v) is 2.00. The summed E-state index contributed by atoms with van der Waals surface area (Å²) in [7, 11) is 0. The van der Waals surface area contributed by atoms with Crippen molar-refractivity contribution in [1.29, 1.82) is 0 Å². The van der Waals surface area contributed by atoms with Crippen molar-refractivity contribution in [3.63, 3.8) is 0 Å². The van der Waals surface area contributed by atoms with Crippen LogP contribution in [0.25, 0.3) is 5.65 Å². The minimum atomic E-state index is -0.326. The van der Waals surface area contributed by atoms with Crippen LogP contribution < -0.4 is 5.32 Å². The number of benzene rings is 1. The number of aromatic nitrogens is 2. The summed E-state index contributed by atoms with van der Waals surface area (Å²) in [5, 5.41) is 2.73. The van der Waals surface area contributed by atoms with Crippen molar-refractivity contribution in [2.45, 2.75) is 6.92 Å². The molecule has 2 heterocycles. The second kappa shape index (κ2) is 4.77. The van der Waals surface area contributed by atoms with E-state index in [2.05, 4.69) is 10.3 Å². The number of hydrogen-bond donors (Lipinski definition) is 1. The molecule has 0 atom stereocenters. The van der Waals surface area contributed by atoms with E-state index in [-0.39, 0.29) is 11.7 Å². The van der Waals surface area contributed by atoms with Crippen molar-refractivity contribution in [3.05, 3.63) is 65.9 Å². The van der Waals surface area contributed by atoms with Gasteiger partial charge in [-0.05, 0) is 42.8 Å². The smallest absolute Gasteiger partial charge is 0.275 e. The Bertz CT molecular complexity index is 762. The number of pyridine rings is 1. The number of fused-ring (bicyclic) bond motifs is 1. The zero-order chi connectivity index (χ0) is 14.1. The Hall–Kier alpha value is -2.69. The van der Waals surface area contributed by atoms with E-state index in [1.54, 1.807) is 23.6 Å². The van der Waals surface area contributed by atoms with Gasteiger partial charge in [-0.3, -0.25) is 4.79 Å². The normalized spacial score (nSPS) is 10.7. The van der Waals surface area contributed by atoms with Gasteiger partial charge in [-0.1, -0.05) is 6.07 Å². The second-order valence-electron chi connectivity index (χ2n) is 4.51. The largest absolute Gasteiger partial charge is 0.320 e. The fraction of sp³-hybridized carbons (Fsp3) is 0.0667. The van der Waals surface area contributed by atoms with Gasteiger partial charge in [0.15, 0.2) is 0 Å². The summed E-state index contributed by atoms with van der Waals surface area (Å²) in [4.78, 5) is 16.4. The molecule has 0 fully saturated rings. The maximum atomic E-state index is 13.0. The first-order valence-corrected chi connectivity index (χ1v) is 6.15. The van der Waals surface area contributed by atoms with Gasteiger partial charge >= 0.3 is 0 Å². The number of aryl methyl sites for hydroxylation is 1. The zero-order valence-electron chi connectivity index (χ0n) is 10.8. The number of carbonyl (C=O) groups is 1. The molecule has 2 aromatic heterocycles. The third kappa shape index (κ3) is 2.25. The number of carbonyl (C=O) groups excluding carboxylic acids is 1. The molecule has 20 heavy (non-hydrogen) atoms. The van der Waals surface area contributed by atoms with Crippen molar-refractivity contribution in [1.82, 2.24) is 9.38 Å². The number of amides is 1. The van der Waals surface area contributed by atoms with Crippen LogP contribution in [0.2, 0.25) is 0 Å². The Labute approximate surface area is 114 Å².